The van der Waals surface area contributed by atoms with Crippen molar-refractivity contribution in [1.29, 1.82) is 0 Å². The maximum atomic E-state index is 12.3. The van der Waals surface area contributed by atoms with Crippen LogP contribution in [0.1, 0.15) is 115 Å². The zero-order chi connectivity index (χ0) is 22.0. The number of furan rings is 1. The number of nitrogens with one attached hydrogen (secondary N) is 2. The molecule has 2 unspecified atom stereocenters. The molecule has 2 N–H and O–H groups in total. The zero-order valence-electron chi connectivity index (χ0n) is 19.8. The van der Waals surface area contributed by atoms with Crippen molar-refractivity contribution in [3.63, 3.8) is 0 Å². The van der Waals surface area contributed by atoms with Gasteiger partial charge in [0, 0.05) is 24.1 Å². The van der Waals surface area contributed by atoms with Gasteiger partial charge < -0.3 is 9.73 Å². The van der Waals surface area contributed by atoms with Gasteiger partial charge in [0.05, 0.1) is 18.6 Å². The predicted octanol–water partition coefficient (Wildman–Crippen LogP) is 7.01. The monoisotopic (exact) mass is 450 g/mol. The third kappa shape index (κ3) is 12.0. The molecule has 2 rings (SSSR count). The van der Waals surface area contributed by atoms with Crippen LogP contribution in [-0.2, 0) is 4.79 Å². The first-order valence-corrected chi connectivity index (χ1v) is 14.1. The van der Waals surface area contributed by atoms with Crippen LogP contribution in [0.5, 0.6) is 0 Å². The molecule has 1 aliphatic rings. The fourth-order valence-corrected chi connectivity index (χ4v) is 5.33. The van der Waals surface area contributed by atoms with Gasteiger partial charge in [0.15, 0.2) is 0 Å². The first-order chi connectivity index (χ1) is 15.3. The molecule has 1 amide bonds. The number of amides is 1. The summed E-state index contributed by atoms with van der Waals surface area (Å²) in [6.45, 7) is 2.99. The lowest BCUT2D eigenvalue weighted by Crippen LogP contribution is -2.43. The van der Waals surface area contributed by atoms with Crippen molar-refractivity contribution >= 4 is 17.7 Å². The quantitative estimate of drug-likeness (QED) is 0.222. The van der Waals surface area contributed by atoms with Gasteiger partial charge in [-0.25, -0.2) is 0 Å². The molecule has 178 valence electrons. The van der Waals surface area contributed by atoms with Crippen LogP contribution in [0.3, 0.4) is 0 Å². The van der Waals surface area contributed by atoms with E-state index in [0.717, 1.165) is 18.1 Å². The standard InChI is InChI=1S/C26H46N2O2S/c1-2-3-4-5-6-7-8-9-10-11-12-13-14-15-16-23(24-17-18-30-20-24)19-27-26(29)25-21-31-22-28-25/h17-18,20,23,25,28H,2-16,19,21-22H2,1H3,(H,27,29). The Morgan fingerprint density at radius 1 is 1.03 bits per heavy atom. The smallest absolute Gasteiger partial charge is 0.238 e. The molecule has 1 aromatic heterocycles. The van der Waals surface area contributed by atoms with Gasteiger partial charge in [0.1, 0.15) is 0 Å². The van der Waals surface area contributed by atoms with E-state index in [4.69, 9.17) is 4.42 Å². The van der Waals surface area contributed by atoms with Gasteiger partial charge in [0.2, 0.25) is 5.91 Å². The minimum absolute atomic E-state index is 0.0314. The zero-order valence-corrected chi connectivity index (χ0v) is 20.7. The molecule has 2 heterocycles. The van der Waals surface area contributed by atoms with Crippen molar-refractivity contribution in [2.45, 2.75) is 115 Å². The minimum Gasteiger partial charge on any atom is -0.472 e. The van der Waals surface area contributed by atoms with Crippen LogP contribution in [-0.4, -0.2) is 30.1 Å². The van der Waals surface area contributed by atoms with Crippen LogP contribution in [0, 0.1) is 0 Å². The summed E-state index contributed by atoms with van der Waals surface area (Å²) in [5, 5.41) is 6.40. The third-order valence-corrected chi connectivity index (χ3v) is 7.42. The van der Waals surface area contributed by atoms with E-state index in [1.54, 1.807) is 18.0 Å². The molecule has 5 heteroatoms. The number of hydrogen-bond donors (Lipinski definition) is 2. The Labute approximate surface area is 195 Å². The molecule has 1 aromatic rings. The SMILES string of the molecule is CCCCCCCCCCCCCCCCC(CNC(=O)C1CSCN1)c1ccoc1. The average Bonchev–Trinajstić information content (AvgIpc) is 3.50. The summed E-state index contributed by atoms with van der Waals surface area (Å²) in [7, 11) is 0. The number of carbonyl (C=O) groups excluding carboxylic acids is 1. The van der Waals surface area contributed by atoms with E-state index in [-0.39, 0.29) is 11.9 Å². The van der Waals surface area contributed by atoms with Crippen molar-refractivity contribution in [3.8, 4) is 0 Å². The van der Waals surface area contributed by atoms with E-state index in [0.29, 0.717) is 12.5 Å². The molecule has 0 aromatic carbocycles. The molecule has 0 saturated carbocycles. The second-order valence-corrected chi connectivity index (χ2v) is 10.2. The third-order valence-electron chi connectivity index (χ3n) is 6.48. The second-order valence-electron chi connectivity index (χ2n) is 9.16. The Bertz CT molecular complexity index is 544. The molecular formula is C26H46N2O2S. The Balaban J connectivity index is 1.47. The van der Waals surface area contributed by atoms with E-state index < -0.39 is 0 Å². The first kappa shape index (κ1) is 26.3. The van der Waals surface area contributed by atoms with Gasteiger partial charge in [-0.3, -0.25) is 10.1 Å². The molecule has 1 aliphatic heterocycles. The van der Waals surface area contributed by atoms with Crippen LogP contribution in [0.25, 0.3) is 0 Å². The fourth-order valence-electron chi connectivity index (χ4n) is 4.39. The lowest BCUT2D eigenvalue weighted by atomic mass is 9.94. The van der Waals surface area contributed by atoms with E-state index in [9.17, 15) is 4.79 Å². The Hall–Kier alpha value is -0.940. The molecule has 31 heavy (non-hydrogen) atoms. The highest BCUT2D eigenvalue weighted by molar-refractivity contribution is 7.99. The minimum atomic E-state index is -0.0314. The lowest BCUT2D eigenvalue weighted by Gasteiger charge is -2.18. The van der Waals surface area contributed by atoms with Crippen molar-refractivity contribution in [3.05, 3.63) is 24.2 Å². The summed E-state index contributed by atoms with van der Waals surface area (Å²) in [5.74, 6) is 2.25. The van der Waals surface area contributed by atoms with Crippen LogP contribution >= 0.6 is 11.8 Å². The van der Waals surface area contributed by atoms with E-state index >= 15 is 0 Å². The van der Waals surface area contributed by atoms with E-state index in [1.807, 2.05) is 12.3 Å². The number of rotatable bonds is 19. The van der Waals surface area contributed by atoms with Crippen LogP contribution in [0.15, 0.2) is 23.0 Å². The van der Waals surface area contributed by atoms with Gasteiger partial charge in [0.25, 0.3) is 0 Å². The van der Waals surface area contributed by atoms with E-state index in [2.05, 4.69) is 17.6 Å². The number of thioether (sulfide) groups is 1. The van der Waals surface area contributed by atoms with Crippen LogP contribution in [0.4, 0.5) is 0 Å². The maximum absolute atomic E-state index is 12.3. The predicted molar refractivity (Wildman–Crippen MR) is 134 cm³/mol. The molecule has 1 fully saturated rings. The number of unbranched alkanes of at least 4 members (excludes halogenated alkanes) is 13. The van der Waals surface area contributed by atoms with Gasteiger partial charge in [-0.2, -0.15) is 0 Å². The summed E-state index contributed by atoms with van der Waals surface area (Å²) in [6.07, 6.45) is 24.1. The molecule has 0 radical (unpaired) electrons. The van der Waals surface area contributed by atoms with Gasteiger partial charge in [-0.1, -0.05) is 96.8 Å². The normalized spacial score (nSPS) is 17.1. The van der Waals surface area contributed by atoms with Crippen molar-refractivity contribution in [2.24, 2.45) is 0 Å². The largest absolute Gasteiger partial charge is 0.472 e. The Morgan fingerprint density at radius 2 is 1.65 bits per heavy atom. The molecule has 0 bridgehead atoms. The van der Waals surface area contributed by atoms with Crippen molar-refractivity contribution in [2.75, 3.05) is 18.2 Å². The summed E-state index contributed by atoms with van der Waals surface area (Å²) in [5.41, 5.74) is 1.21. The van der Waals surface area contributed by atoms with Gasteiger partial charge >= 0.3 is 0 Å². The van der Waals surface area contributed by atoms with Gasteiger partial charge in [-0.15, -0.1) is 11.8 Å². The van der Waals surface area contributed by atoms with Crippen LogP contribution in [0.2, 0.25) is 0 Å². The average molecular weight is 451 g/mol. The number of carbonyl (C=O) groups is 1. The summed E-state index contributed by atoms with van der Waals surface area (Å²) in [4.78, 5) is 12.3. The van der Waals surface area contributed by atoms with Crippen molar-refractivity contribution in [1.82, 2.24) is 10.6 Å². The fraction of sp³-hybridized carbons (Fsp3) is 0.808. The first-order valence-electron chi connectivity index (χ1n) is 12.9. The topological polar surface area (TPSA) is 54.3 Å². The van der Waals surface area contributed by atoms with E-state index in [1.165, 1.54) is 95.5 Å². The summed E-state index contributed by atoms with van der Waals surface area (Å²) >= 11 is 1.79. The van der Waals surface area contributed by atoms with Crippen LogP contribution < -0.4 is 10.6 Å². The molecule has 1 saturated heterocycles. The summed E-state index contributed by atoms with van der Waals surface area (Å²) in [6, 6.07) is 2.01. The van der Waals surface area contributed by atoms with Crippen molar-refractivity contribution < 1.29 is 9.21 Å². The molecule has 0 spiro atoms. The highest BCUT2D eigenvalue weighted by Crippen LogP contribution is 2.23. The molecular weight excluding hydrogens is 404 g/mol. The Morgan fingerprint density at radius 3 is 2.16 bits per heavy atom. The summed E-state index contributed by atoms with van der Waals surface area (Å²) < 4.78 is 5.30. The molecule has 0 aliphatic carbocycles. The highest BCUT2D eigenvalue weighted by atomic mass is 32.2. The molecule has 2 atom stereocenters. The Kier molecular flexibility index (Phi) is 14.9. The van der Waals surface area contributed by atoms with Gasteiger partial charge in [-0.05, 0) is 18.1 Å². The lowest BCUT2D eigenvalue weighted by molar-refractivity contribution is -0.122. The highest BCUT2D eigenvalue weighted by Gasteiger charge is 2.23. The second kappa shape index (κ2) is 17.6. The maximum Gasteiger partial charge on any atom is 0.238 e. The molecule has 4 nitrogen and oxygen atoms in total. The number of hydrogen-bond acceptors (Lipinski definition) is 4.